The summed E-state index contributed by atoms with van der Waals surface area (Å²) in [4.78, 5) is 16.9. The van der Waals surface area contributed by atoms with Crippen molar-refractivity contribution in [3.05, 3.63) is 63.9 Å². The van der Waals surface area contributed by atoms with Crippen LogP contribution < -0.4 is 9.96 Å². The lowest BCUT2D eigenvalue weighted by Gasteiger charge is -2.09. The van der Waals surface area contributed by atoms with Gasteiger partial charge in [0.25, 0.3) is 0 Å². The predicted octanol–water partition coefficient (Wildman–Crippen LogP) is 1.81. The number of aromatic amines is 1. The Morgan fingerprint density at radius 2 is 2.18 bits per heavy atom. The zero-order valence-corrected chi connectivity index (χ0v) is 12.4. The molecule has 7 heteroatoms. The number of nitrogens with zero attached hydrogens (tertiary/aromatic N) is 4. The van der Waals surface area contributed by atoms with Crippen molar-refractivity contribution in [2.45, 2.75) is 6.92 Å². The van der Waals surface area contributed by atoms with E-state index in [9.17, 15) is 4.79 Å². The van der Waals surface area contributed by atoms with Gasteiger partial charge in [0.15, 0.2) is 0 Å². The van der Waals surface area contributed by atoms with Crippen LogP contribution in [0.5, 0.6) is 0 Å². The molecule has 0 amide bonds. The highest BCUT2D eigenvalue weighted by molar-refractivity contribution is 6.31. The summed E-state index contributed by atoms with van der Waals surface area (Å²) < 4.78 is 3.37. The van der Waals surface area contributed by atoms with E-state index in [1.165, 1.54) is 0 Å². The number of aryl methyl sites for hydroxylation is 1. The monoisotopic (exact) mass is 312 g/mol. The molecule has 0 aliphatic carbocycles. The summed E-state index contributed by atoms with van der Waals surface area (Å²) in [5, 5.41) is 7.54. The predicted molar refractivity (Wildman–Crippen MR) is 82.4 cm³/mol. The normalized spacial score (nSPS) is 11.4. The van der Waals surface area contributed by atoms with Gasteiger partial charge in [0.1, 0.15) is 5.52 Å². The Hall–Kier alpha value is -2.73. The molecule has 22 heavy (non-hydrogen) atoms. The highest BCUT2D eigenvalue weighted by Crippen LogP contribution is 2.19. The Morgan fingerprint density at radius 1 is 1.32 bits per heavy atom. The molecular weight excluding hydrogens is 302 g/mol. The number of halogens is 1. The minimum absolute atomic E-state index is 0.230. The van der Waals surface area contributed by atoms with Crippen molar-refractivity contribution in [1.82, 2.24) is 19.7 Å². The second-order valence-electron chi connectivity index (χ2n) is 4.95. The molecule has 0 fully saturated rings. The van der Waals surface area contributed by atoms with Crippen LogP contribution in [-0.4, -0.2) is 19.7 Å². The molecule has 0 saturated heterocycles. The molecule has 0 spiro atoms. The first-order chi connectivity index (χ1) is 10.7. The summed E-state index contributed by atoms with van der Waals surface area (Å²) in [6.45, 7) is 1.86. The maximum absolute atomic E-state index is 12.9. The molecule has 3 heterocycles. The van der Waals surface area contributed by atoms with Gasteiger partial charge in [-0.2, -0.15) is 4.40 Å². The fourth-order valence-corrected chi connectivity index (χ4v) is 2.81. The summed E-state index contributed by atoms with van der Waals surface area (Å²) >= 11 is 6.13. The zero-order chi connectivity index (χ0) is 15.3. The number of H-pyrrole nitrogens is 1. The van der Waals surface area contributed by atoms with Gasteiger partial charge in [0, 0.05) is 23.2 Å². The Labute approximate surface area is 129 Å². The summed E-state index contributed by atoms with van der Waals surface area (Å²) in [6.07, 6.45) is 3.30. The number of hydrogen-bond donors (Lipinski definition) is 1. The van der Waals surface area contributed by atoms with Crippen molar-refractivity contribution in [3.8, 4) is 5.69 Å². The standard InChI is InChI=1S/C15H10ClN5O/c1-9-18-19-14-15(22)21(11-3-2-6-17-8-11)13-7-10(16)4-5-12(13)20(9)14/h2-8H,1H3/p+1. The van der Waals surface area contributed by atoms with E-state index in [0.29, 0.717) is 21.9 Å². The molecule has 0 aliphatic heterocycles. The van der Waals surface area contributed by atoms with Gasteiger partial charge in [-0.15, -0.1) is 5.10 Å². The molecule has 0 saturated carbocycles. The van der Waals surface area contributed by atoms with Crippen LogP contribution in [0.4, 0.5) is 0 Å². The van der Waals surface area contributed by atoms with E-state index in [1.54, 1.807) is 39.6 Å². The van der Waals surface area contributed by atoms with Crippen LogP contribution in [0.25, 0.3) is 22.4 Å². The third kappa shape index (κ3) is 1.74. The molecule has 4 aromatic rings. The number of aromatic nitrogens is 5. The number of benzene rings is 1. The first kappa shape index (κ1) is 13.0. The van der Waals surface area contributed by atoms with Crippen molar-refractivity contribution in [3.63, 3.8) is 0 Å². The van der Waals surface area contributed by atoms with Gasteiger partial charge in [0.2, 0.25) is 5.82 Å². The van der Waals surface area contributed by atoms with E-state index in [0.717, 1.165) is 11.3 Å². The van der Waals surface area contributed by atoms with Crippen LogP contribution in [0.1, 0.15) is 5.82 Å². The number of hydrogen-bond acceptors (Lipinski definition) is 3. The van der Waals surface area contributed by atoms with Crippen LogP contribution in [0.15, 0.2) is 47.5 Å². The van der Waals surface area contributed by atoms with Crippen molar-refractivity contribution in [2.75, 3.05) is 0 Å². The number of rotatable bonds is 1. The van der Waals surface area contributed by atoms with E-state index in [-0.39, 0.29) is 5.56 Å². The van der Waals surface area contributed by atoms with Gasteiger partial charge in [-0.1, -0.05) is 11.6 Å². The maximum Gasteiger partial charge on any atom is 0.372 e. The molecule has 3 aromatic heterocycles. The molecule has 0 unspecified atom stereocenters. The zero-order valence-electron chi connectivity index (χ0n) is 11.6. The Morgan fingerprint density at radius 3 is 2.95 bits per heavy atom. The van der Waals surface area contributed by atoms with Crippen molar-refractivity contribution in [1.29, 1.82) is 0 Å². The molecule has 108 valence electrons. The third-order valence-electron chi connectivity index (χ3n) is 3.59. The lowest BCUT2D eigenvalue weighted by Crippen LogP contribution is -2.35. The topological polar surface area (TPSA) is 67.7 Å². The third-order valence-corrected chi connectivity index (χ3v) is 3.82. The van der Waals surface area contributed by atoms with E-state index >= 15 is 0 Å². The Kier molecular flexibility index (Phi) is 2.74. The molecule has 0 radical (unpaired) electrons. The second kappa shape index (κ2) is 4.64. The van der Waals surface area contributed by atoms with Crippen LogP contribution in [0.3, 0.4) is 0 Å². The Balaban J connectivity index is 2.30. The summed E-state index contributed by atoms with van der Waals surface area (Å²) in [5.74, 6) is 0.776. The molecule has 0 atom stereocenters. The highest BCUT2D eigenvalue weighted by Gasteiger charge is 2.21. The first-order valence-electron chi connectivity index (χ1n) is 6.68. The van der Waals surface area contributed by atoms with E-state index in [1.807, 2.05) is 19.1 Å². The summed E-state index contributed by atoms with van der Waals surface area (Å²) in [5.41, 5.74) is 2.31. The molecule has 6 nitrogen and oxygen atoms in total. The minimum Gasteiger partial charge on any atom is -0.266 e. The SMILES string of the molecule is Cc1[nH]nc2c(=O)n(-c3cccnc3)c3cc(Cl)ccc3[n+]12. The van der Waals surface area contributed by atoms with Crippen LogP contribution >= 0.6 is 11.6 Å². The fourth-order valence-electron chi connectivity index (χ4n) is 2.65. The van der Waals surface area contributed by atoms with Crippen molar-refractivity contribution >= 4 is 28.3 Å². The Bertz CT molecular complexity index is 1070. The lowest BCUT2D eigenvalue weighted by atomic mass is 10.2. The minimum atomic E-state index is -0.230. The number of fused-ring (bicyclic) bond motifs is 3. The van der Waals surface area contributed by atoms with E-state index < -0.39 is 0 Å². The quantitative estimate of drug-likeness (QED) is 0.545. The summed E-state index contributed by atoms with van der Waals surface area (Å²) in [7, 11) is 0. The van der Waals surface area contributed by atoms with Gasteiger partial charge >= 0.3 is 11.2 Å². The van der Waals surface area contributed by atoms with E-state index in [2.05, 4.69) is 15.2 Å². The van der Waals surface area contributed by atoms with Crippen LogP contribution in [-0.2, 0) is 0 Å². The average molecular weight is 313 g/mol. The number of pyridine rings is 1. The summed E-state index contributed by atoms with van der Waals surface area (Å²) in [6, 6.07) is 9.04. The molecule has 0 aliphatic rings. The van der Waals surface area contributed by atoms with E-state index in [4.69, 9.17) is 11.6 Å². The maximum atomic E-state index is 12.9. The van der Waals surface area contributed by atoms with Crippen LogP contribution in [0.2, 0.25) is 5.02 Å². The largest absolute Gasteiger partial charge is 0.372 e. The van der Waals surface area contributed by atoms with Gasteiger partial charge in [-0.05, 0) is 30.3 Å². The molecule has 0 bridgehead atoms. The van der Waals surface area contributed by atoms with Crippen molar-refractivity contribution < 1.29 is 4.40 Å². The van der Waals surface area contributed by atoms with Crippen molar-refractivity contribution in [2.24, 2.45) is 0 Å². The fraction of sp³-hybridized carbons (Fsp3) is 0.0667. The second-order valence-corrected chi connectivity index (χ2v) is 5.39. The van der Waals surface area contributed by atoms with Gasteiger partial charge in [0.05, 0.1) is 17.4 Å². The molecule has 4 rings (SSSR count). The van der Waals surface area contributed by atoms with Gasteiger partial charge < -0.3 is 0 Å². The smallest absolute Gasteiger partial charge is 0.266 e. The number of nitrogens with one attached hydrogen (secondary N) is 1. The highest BCUT2D eigenvalue weighted by atomic mass is 35.5. The van der Waals surface area contributed by atoms with Crippen LogP contribution in [0, 0.1) is 6.92 Å². The lowest BCUT2D eigenvalue weighted by molar-refractivity contribution is -0.491. The first-order valence-corrected chi connectivity index (χ1v) is 7.06. The van der Waals surface area contributed by atoms with Gasteiger partial charge in [-0.3, -0.25) is 14.3 Å². The average Bonchev–Trinajstić information content (AvgIpc) is 2.91. The van der Waals surface area contributed by atoms with Gasteiger partial charge in [-0.25, -0.2) is 0 Å². The molecular formula is C15H11ClN5O+. The molecule has 1 aromatic carbocycles. The molecule has 1 N–H and O–H groups in total.